The van der Waals surface area contributed by atoms with Crippen LogP contribution in [0.15, 0.2) is 107 Å². The van der Waals surface area contributed by atoms with Crippen LogP contribution in [0.5, 0.6) is 11.5 Å². The molecule has 0 radical (unpaired) electrons. The topological polar surface area (TPSA) is 76.2 Å². The summed E-state index contributed by atoms with van der Waals surface area (Å²) in [6.45, 7) is 0.331. The van der Waals surface area contributed by atoms with Crippen molar-refractivity contribution in [3.05, 3.63) is 122 Å². The third-order valence-corrected chi connectivity index (χ3v) is 7.47. The second-order valence-electron chi connectivity index (χ2n) is 8.74. The minimum absolute atomic E-state index is 0.159. The molecule has 0 saturated carbocycles. The molecule has 0 spiro atoms. The average molecular weight is 709 g/mol. The van der Waals surface area contributed by atoms with Crippen LogP contribution < -0.4 is 19.3 Å². The van der Waals surface area contributed by atoms with Crippen molar-refractivity contribution in [1.29, 1.82) is 0 Å². The summed E-state index contributed by atoms with van der Waals surface area (Å²) in [5.41, 5.74) is 2.09. The van der Waals surface area contributed by atoms with E-state index in [1.54, 1.807) is 72.8 Å². The number of ether oxygens (including phenoxy) is 2. The molecule has 0 atom stereocenters. The number of nitrogens with zero attached hydrogens (tertiary/aromatic N) is 2. The van der Waals surface area contributed by atoms with Crippen LogP contribution in [0, 0.1) is 3.57 Å². The van der Waals surface area contributed by atoms with Gasteiger partial charge in [-0.05, 0) is 88.3 Å². The molecule has 1 saturated heterocycles. The van der Waals surface area contributed by atoms with Gasteiger partial charge in [0.05, 0.1) is 22.1 Å². The number of amides is 4. The van der Waals surface area contributed by atoms with Crippen LogP contribution >= 0.6 is 38.5 Å². The Morgan fingerprint density at radius 1 is 0.800 bits per heavy atom. The second kappa shape index (κ2) is 12.1. The van der Waals surface area contributed by atoms with E-state index in [2.05, 4.69) is 38.5 Å². The minimum Gasteiger partial charge on any atom is -0.493 e. The smallest absolute Gasteiger partial charge is 0.343 e. The predicted molar refractivity (Wildman–Crippen MR) is 165 cm³/mol. The van der Waals surface area contributed by atoms with Crippen molar-refractivity contribution in [3.8, 4) is 11.5 Å². The number of barbiturate groups is 1. The van der Waals surface area contributed by atoms with Crippen molar-refractivity contribution in [3.63, 3.8) is 0 Å². The summed E-state index contributed by atoms with van der Waals surface area (Å²) in [6, 6.07) is 27.6. The Morgan fingerprint density at radius 3 is 1.88 bits per heavy atom. The van der Waals surface area contributed by atoms with Crippen LogP contribution in [-0.2, 0) is 16.2 Å². The third kappa shape index (κ3) is 5.66. The van der Waals surface area contributed by atoms with Crippen LogP contribution in [0.2, 0.25) is 0 Å². The summed E-state index contributed by atoms with van der Waals surface area (Å²) in [5.74, 6) is -0.431. The molecule has 1 aliphatic rings. The van der Waals surface area contributed by atoms with Gasteiger partial charge in [-0.1, -0.05) is 64.5 Å². The van der Waals surface area contributed by atoms with E-state index in [1.807, 2.05) is 24.3 Å². The molecule has 0 aromatic heterocycles. The fourth-order valence-corrected chi connectivity index (χ4v) is 5.25. The highest BCUT2D eigenvalue weighted by Gasteiger charge is 2.43. The summed E-state index contributed by atoms with van der Waals surface area (Å²) >= 11 is 5.56. The number of hydrogen-bond acceptors (Lipinski definition) is 5. The van der Waals surface area contributed by atoms with Crippen molar-refractivity contribution >= 4 is 73.8 Å². The van der Waals surface area contributed by atoms with E-state index in [9.17, 15) is 14.4 Å². The standard InChI is InChI=1S/C31H22BrIN2O5/c1-39-27-18-21(17-26(33)28(27)40-19-20-12-14-22(32)15-13-20)16-25-29(36)34(23-8-4-2-5-9-23)31(38)35(30(25)37)24-10-6-3-7-11-24/h2-18H,19H2,1H3. The lowest BCUT2D eigenvalue weighted by atomic mass is 10.0. The number of anilines is 2. The van der Waals surface area contributed by atoms with Gasteiger partial charge in [-0.3, -0.25) is 9.59 Å². The van der Waals surface area contributed by atoms with E-state index in [0.717, 1.165) is 23.4 Å². The number of halogens is 2. The van der Waals surface area contributed by atoms with E-state index in [1.165, 1.54) is 13.2 Å². The number of urea groups is 1. The van der Waals surface area contributed by atoms with Crippen molar-refractivity contribution in [2.45, 2.75) is 6.61 Å². The molecule has 40 heavy (non-hydrogen) atoms. The molecule has 200 valence electrons. The van der Waals surface area contributed by atoms with Gasteiger partial charge in [-0.25, -0.2) is 14.6 Å². The lowest BCUT2D eigenvalue weighted by molar-refractivity contribution is -0.121. The van der Waals surface area contributed by atoms with Crippen molar-refractivity contribution in [1.82, 2.24) is 0 Å². The number of imide groups is 2. The van der Waals surface area contributed by atoms with Crippen molar-refractivity contribution < 1.29 is 23.9 Å². The summed E-state index contributed by atoms with van der Waals surface area (Å²) in [4.78, 5) is 42.8. The largest absolute Gasteiger partial charge is 0.493 e. The van der Waals surface area contributed by atoms with Gasteiger partial charge >= 0.3 is 6.03 Å². The second-order valence-corrected chi connectivity index (χ2v) is 10.8. The van der Waals surface area contributed by atoms with Gasteiger partial charge in [-0.2, -0.15) is 0 Å². The van der Waals surface area contributed by atoms with E-state index in [-0.39, 0.29) is 5.57 Å². The average Bonchev–Trinajstić information content (AvgIpc) is 2.96. The zero-order valence-corrected chi connectivity index (χ0v) is 25.0. The van der Waals surface area contributed by atoms with E-state index in [4.69, 9.17) is 9.47 Å². The fourth-order valence-electron chi connectivity index (χ4n) is 4.21. The molecule has 4 amide bonds. The molecule has 0 bridgehead atoms. The molecule has 0 aliphatic carbocycles. The van der Waals surface area contributed by atoms with Crippen LogP contribution in [0.1, 0.15) is 11.1 Å². The predicted octanol–water partition coefficient (Wildman–Crippen LogP) is 7.22. The van der Waals surface area contributed by atoms with Gasteiger partial charge in [0.1, 0.15) is 12.2 Å². The number of methoxy groups -OCH3 is 1. The summed E-state index contributed by atoms with van der Waals surface area (Å²) in [6.07, 6.45) is 1.48. The van der Waals surface area contributed by atoms with E-state index < -0.39 is 17.8 Å². The molecule has 5 rings (SSSR count). The number of rotatable bonds is 7. The Morgan fingerprint density at radius 2 is 1.35 bits per heavy atom. The lowest BCUT2D eigenvalue weighted by Gasteiger charge is -2.34. The first kappa shape index (κ1) is 27.6. The molecule has 0 N–H and O–H groups in total. The molecule has 1 aliphatic heterocycles. The molecule has 7 nitrogen and oxygen atoms in total. The van der Waals surface area contributed by atoms with Gasteiger partial charge in [0.15, 0.2) is 11.5 Å². The first-order valence-corrected chi connectivity index (χ1v) is 14.0. The first-order valence-electron chi connectivity index (χ1n) is 12.2. The fraction of sp³-hybridized carbons (Fsp3) is 0.0645. The summed E-state index contributed by atoms with van der Waals surface area (Å²) < 4.78 is 13.4. The number of benzene rings is 4. The van der Waals surface area contributed by atoms with Crippen LogP contribution in [0.25, 0.3) is 6.08 Å². The maximum atomic E-state index is 13.6. The van der Waals surface area contributed by atoms with Gasteiger partial charge in [0, 0.05) is 4.47 Å². The Kier molecular flexibility index (Phi) is 8.32. The van der Waals surface area contributed by atoms with Gasteiger partial charge in [0.2, 0.25) is 0 Å². The Balaban J connectivity index is 1.53. The van der Waals surface area contributed by atoms with Crippen LogP contribution in [-0.4, -0.2) is 25.0 Å². The van der Waals surface area contributed by atoms with Gasteiger partial charge in [-0.15, -0.1) is 0 Å². The number of hydrogen-bond donors (Lipinski definition) is 0. The van der Waals surface area contributed by atoms with Crippen LogP contribution in [0.3, 0.4) is 0 Å². The molecular formula is C31H22BrIN2O5. The van der Waals surface area contributed by atoms with Crippen molar-refractivity contribution in [2.24, 2.45) is 0 Å². The first-order chi connectivity index (χ1) is 19.4. The quantitative estimate of drug-likeness (QED) is 0.115. The van der Waals surface area contributed by atoms with Crippen LogP contribution in [0.4, 0.5) is 16.2 Å². The summed E-state index contributed by atoms with van der Waals surface area (Å²) in [5, 5.41) is 0. The molecule has 4 aromatic carbocycles. The molecule has 1 fully saturated rings. The van der Waals surface area contributed by atoms with E-state index >= 15 is 0 Å². The highest BCUT2D eigenvalue weighted by molar-refractivity contribution is 14.1. The summed E-state index contributed by atoms with van der Waals surface area (Å²) in [7, 11) is 1.53. The Hall–Kier alpha value is -3.96. The molecule has 1 heterocycles. The highest BCUT2D eigenvalue weighted by Crippen LogP contribution is 2.36. The maximum Gasteiger partial charge on any atom is 0.343 e. The monoisotopic (exact) mass is 708 g/mol. The van der Waals surface area contributed by atoms with E-state index in [0.29, 0.717) is 35.0 Å². The zero-order valence-electron chi connectivity index (χ0n) is 21.2. The number of carbonyl (C=O) groups is 3. The number of carbonyl (C=O) groups excluding carboxylic acids is 3. The van der Waals surface area contributed by atoms with Gasteiger partial charge < -0.3 is 9.47 Å². The highest BCUT2D eigenvalue weighted by atomic mass is 127. The normalized spacial score (nSPS) is 13.5. The van der Waals surface area contributed by atoms with Crippen molar-refractivity contribution in [2.75, 3.05) is 16.9 Å². The van der Waals surface area contributed by atoms with Gasteiger partial charge in [0.25, 0.3) is 11.8 Å². The molecule has 0 unspecified atom stereocenters. The third-order valence-electron chi connectivity index (χ3n) is 6.14. The zero-order chi connectivity index (χ0) is 28.2. The number of para-hydroxylation sites is 2. The maximum absolute atomic E-state index is 13.6. The molecule has 9 heteroatoms. The molecule has 4 aromatic rings. The molecular weight excluding hydrogens is 687 g/mol. The SMILES string of the molecule is COc1cc(C=C2C(=O)N(c3ccccc3)C(=O)N(c3ccccc3)C2=O)cc(I)c1OCc1ccc(Br)cc1. The Labute approximate surface area is 253 Å². The lowest BCUT2D eigenvalue weighted by Crippen LogP contribution is -2.57. The Bertz CT molecular complexity index is 1550. The minimum atomic E-state index is -0.742.